The van der Waals surface area contributed by atoms with Crippen LogP contribution in [0.25, 0.3) is 10.1 Å². The Balaban J connectivity index is 1.54. The number of hydrogen-bond donors (Lipinski definition) is 4. The van der Waals surface area contributed by atoms with Gasteiger partial charge in [-0.25, -0.2) is 4.79 Å². The molecule has 2 heterocycles. The van der Waals surface area contributed by atoms with Gasteiger partial charge in [-0.15, -0.1) is 11.3 Å². The van der Waals surface area contributed by atoms with Crippen LogP contribution in [0.1, 0.15) is 46.5 Å². The van der Waals surface area contributed by atoms with Gasteiger partial charge >= 0.3 is 12.1 Å². The van der Waals surface area contributed by atoms with Gasteiger partial charge in [-0.05, 0) is 54.5 Å². The summed E-state index contributed by atoms with van der Waals surface area (Å²) in [6.07, 6.45) is -4.19. The normalized spacial score (nSPS) is 13.8. The Morgan fingerprint density at radius 1 is 1.17 bits per heavy atom. The van der Waals surface area contributed by atoms with E-state index in [0.717, 1.165) is 25.6 Å². The quantitative estimate of drug-likeness (QED) is 0.150. The van der Waals surface area contributed by atoms with E-state index in [1.54, 1.807) is 12.1 Å². The number of carbonyl (C=O) groups excluding carboxylic acids is 3. The van der Waals surface area contributed by atoms with E-state index in [-0.39, 0.29) is 48.9 Å². The van der Waals surface area contributed by atoms with Crippen LogP contribution in [-0.4, -0.2) is 69.5 Å². The number of halogens is 3. The number of nitrogens with one attached hydrogen (secondary N) is 3. The Morgan fingerprint density at radius 3 is 2.62 bits per heavy atom. The molecule has 0 spiro atoms. The second-order valence-corrected chi connectivity index (χ2v) is 11.8. The largest absolute Gasteiger partial charge is 0.477 e. The van der Waals surface area contributed by atoms with Crippen LogP contribution in [-0.2, 0) is 25.5 Å². The molecule has 5 N–H and O–H groups in total. The van der Waals surface area contributed by atoms with Crippen LogP contribution in [0.4, 0.5) is 24.5 Å². The number of primary amides is 1. The van der Waals surface area contributed by atoms with Crippen LogP contribution in [0.3, 0.4) is 0 Å². The van der Waals surface area contributed by atoms with Gasteiger partial charge in [-0.1, -0.05) is 24.0 Å². The highest BCUT2D eigenvalue weighted by atomic mass is 32.1. The van der Waals surface area contributed by atoms with Crippen LogP contribution in [0.15, 0.2) is 36.4 Å². The monoisotopic (exact) mass is 685 g/mol. The summed E-state index contributed by atoms with van der Waals surface area (Å²) in [4.78, 5) is 36.5. The molecule has 1 aromatic heterocycles. The van der Waals surface area contributed by atoms with Crippen molar-refractivity contribution < 1.29 is 41.8 Å². The van der Waals surface area contributed by atoms with Crippen LogP contribution < -0.4 is 26.4 Å². The van der Waals surface area contributed by atoms with Crippen molar-refractivity contribution in [3.8, 4) is 23.7 Å². The molecule has 3 aromatic rings. The standard InChI is InChI=1S/C33H34F3N5O6S/c1-45-32(44)26(9-10-29(38)42)41-31(43)20-7-8-24(27(18-20)47-17-13-37)39-14-3-6-28-23(19-33(34,35)36)22-4-2-5-25(30(22)48-28)40-21-11-15-46-16-12-21/h2,4-5,7-8,18,21,26,39-40H,9-12,14-17,19H2,1H3,(H2,38,42)(H,41,43). The van der Waals surface area contributed by atoms with Gasteiger partial charge in [0.1, 0.15) is 17.9 Å². The maximum Gasteiger partial charge on any atom is 0.393 e. The van der Waals surface area contributed by atoms with Gasteiger partial charge in [0.25, 0.3) is 5.91 Å². The number of benzene rings is 2. The molecule has 2 amide bonds. The Bertz CT molecular complexity index is 1740. The summed E-state index contributed by atoms with van der Waals surface area (Å²) >= 11 is 1.20. The minimum absolute atomic E-state index is 0.00112. The molecule has 2 aromatic carbocycles. The number of nitriles is 1. The molecule has 4 rings (SSSR count). The van der Waals surface area contributed by atoms with Crippen LogP contribution in [0.2, 0.25) is 0 Å². The van der Waals surface area contributed by atoms with Crippen molar-refractivity contribution in [3.05, 3.63) is 52.4 Å². The number of alkyl halides is 3. The number of nitrogens with zero attached hydrogens (tertiary/aromatic N) is 1. The molecule has 1 saturated heterocycles. The fourth-order valence-electron chi connectivity index (χ4n) is 5.05. The van der Waals surface area contributed by atoms with Crippen molar-refractivity contribution in [1.29, 1.82) is 5.26 Å². The zero-order chi connectivity index (χ0) is 34.7. The Labute approximate surface area is 278 Å². The van der Waals surface area contributed by atoms with Crippen molar-refractivity contribution >= 4 is 50.6 Å². The van der Waals surface area contributed by atoms with E-state index in [1.165, 1.54) is 29.5 Å². The van der Waals surface area contributed by atoms with Crippen molar-refractivity contribution in [2.75, 3.05) is 44.1 Å². The topological polar surface area (TPSA) is 165 Å². The molecule has 0 radical (unpaired) electrons. The number of nitrogens with two attached hydrogens (primary N) is 1. The Kier molecular flexibility index (Phi) is 12.5. The third kappa shape index (κ3) is 10.0. The summed E-state index contributed by atoms with van der Waals surface area (Å²) in [5, 5.41) is 18.5. The predicted octanol–water partition coefficient (Wildman–Crippen LogP) is 4.50. The first kappa shape index (κ1) is 35.9. The average molecular weight is 686 g/mol. The number of anilines is 2. The number of carbonyl (C=O) groups is 3. The van der Waals surface area contributed by atoms with Crippen LogP contribution >= 0.6 is 11.3 Å². The fourth-order valence-corrected chi connectivity index (χ4v) is 6.22. The average Bonchev–Trinajstić information content (AvgIpc) is 3.40. The van der Waals surface area contributed by atoms with Crippen molar-refractivity contribution in [3.63, 3.8) is 0 Å². The van der Waals surface area contributed by atoms with Gasteiger partial charge in [0.2, 0.25) is 5.91 Å². The second-order valence-electron chi connectivity index (χ2n) is 10.8. The van der Waals surface area contributed by atoms with Gasteiger partial charge in [0.15, 0.2) is 6.61 Å². The summed E-state index contributed by atoms with van der Waals surface area (Å²) < 4.78 is 57.3. The van der Waals surface area contributed by atoms with E-state index < -0.39 is 36.4 Å². The van der Waals surface area contributed by atoms with Gasteiger partial charge in [0.05, 0.1) is 41.0 Å². The maximum absolute atomic E-state index is 13.7. The lowest BCUT2D eigenvalue weighted by Crippen LogP contribution is -2.42. The van der Waals surface area contributed by atoms with Gasteiger partial charge in [-0.3, -0.25) is 9.59 Å². The highest BCUT2D eigenvalue weighted by Gasteiger charge is 2.31. The summed E-state index contributed by atoms with van der Waals surface area (Å²) in [6, 6.07) is 10.4. The summed E-state index contributed by atoms with van der Waals surface area (Å²) in [5.74, 6) is 3.83. The third-order valence-electron chi connectivity index (χ3n) is 7.35. The lowest BCUT2D eigenvalue weighted by molar-refractivity contribution is -0.143. The smallest absolute Gasteiger partial charge is 0.393 e. The number of fused-ring (bicyclic) bond motifs is 1. The van der Waals surface area contributed by atoms with E-state index >= 15 is 0 Å². The molecule has 0 saturated carbocycles. The number of rotatable bonds is 13. The zero-order valence-corrected chi connectivity index (χ0v) is 26.8. The molecular weight excluding hydrogens is 651 g/mol. The van der Waals surface area contributed by atoms with Crippen LogP contribution in [0.5, 0.6) is 5.75 Å². The van der Waals surface area contributed by atoms with E-state index in [9.17, 15) is 27.6 Å². The SMILES string of the molecule is COC(=O)C(CCC(N)=O)NC(=O)c1ccc(NCC#Cc2sc3c(NC4CCOCC4)cccc3c2CC(F)(F)F)c(OCC#N)c1. The first-order valence-electron chi connectivity index (χ1n) is 15.0. The number of esters is 1. The lowest BCUT2D eigenvalue weighted by atomic mass is 10.1. The van der Waals surface area contributed by atoms with Crippen LogP contribution in [0, 0.1) is 23.2 Å². The van der Waals surface area contributed by atoms with Gasteiger partial charge < -0.3 is 35.9 Å². The lowest BCUT2D eigenvalue weighted by Gasteiger charge is -2.24. The second kappa shape index (κ2) is 16.7. The minimum atomic E-state index is -4.44. The summed E-state index contributed by atoms with van der Waals surface area (Å²) in [7, 11) is 1.14. The van der Waals surface area contributed by atoms with E-state index in [4.69, 9.17) is 25.2 Å². The molecule has 48 heavy (non-hydrogen) atoms. The summed E-state index contributed by atoms with van der Waals surface area (Å²) in [6.45, 7) is 0.893. The molecule has 1 fully saturated rings. The van der Waals surface area contributed by atoms with E-state index in [2.05, 4.69) is 27.8 Å². The Morgan fingerprint density at radius 2 is 1.94 bits per heavy atom. The zero-order valence-electron chi connectivity index (χ0n) is 26.0. The van der Waals surface area contributed by atoms with Crippen molar-refractivity contribution in [2.24, 2.45) is 5.73 Å². The first-order chi connectivity index (χ1) is 23.0. The molecule has 0 aliphatic carbocycles. The molecule has 11 nitrogen and oxygen atoms in total. The number of thiophene rings is 1. The van der Waals surface area contributed by atoms with Gasteiger partial charge in [0, 0.05) is 31.2 Å². The first-order valence-corrected chi connectivity index (χ1v) is 15.8. The number of methoxy groups -OCH3 is 1. The number of amides is 2. The maximum atomic E-state index is 13.7. The van der Waals surface area contributed by atoms with Crippen molar-refractivity contribution in [2.45, 2.75) is 50.4 Å². The molecule has 1 atom stereocenters. The fraction of sp³-hybridized carbons (Fsp3) is 0.394. The molecule has 0 bridgehead atoms. The Hall–Kier alpha value is -4.99. The highest BCUT2D eigenvalue weighted by molar-refractivity contribution is 7.20. The van der Waals surface area contributed by atoms with Crippen molar-refractivity contribution in [1.82, 2.24) is 5.32 Å². The number of hydrogen-bond acceptors (Lipinski definition) is 10. The molecular formula is C33H34F3N5O6S. The molecule has 1 aliphatic heterocycles. The summed E-state index contributed by atoms with van der Waals surface area (Å²) in [5.41, 5.74) is 6.48. The number of ether oxygens (including phenoxy) is 3. The van der Waals surface area contributed by atoms with Gasteiger partial charge in [-0.2, -0.15) is 18.4 Å². The molecule has 254 valence electrons. The van der Waals surface area contributed by atoms with E-state index in [0.29, 0.717) is 33.9 Å². The highest BCUT2D eigenvalue weighted by Crippen LogP contribution is 2.39. The van der Waals surface area contributed by atoms with E-state index in [1.807, 2.05) is 12.1 Å². The minimum Gasteiger partial charge on any atom is -0.477 e. The molecule has 1 unspecified atom stereocenters. The molecule has 15 heteroatoms. The predicted molar refractivity (Wildman–Crippen MR) is 174 cm³/mol. The third-order valence-corrected chi connectivity index (χ3v) is 8.55. The molecule has 1 aliphatic rings.